The Bertz CT molecular complexity index is 1200. The molecule has 0 atom stereocenters. The van der Waals surface area contributed by atoms with Gasteiger partial charge in [-0.3, -0.25) is 9.36 Å². The van der Waals surface area contributed by atoms with E-state index in [2.05, 4.69) is 46.7 Å². The average Bonchev–Trinajstić information content (AvgIpc) is 3.21. The number of carbonyl (C=O) groups excluding carboxylic acids is 1. The first kappa shape index (κ1) is 22.5. The van der Waals surface area contributed by atoms with Crippen molar-refractivity contribution in [2.24, 2.45) is 0 Å². The molecule has 0 aliphatic carbocycles. The molecule has 5 nitrogen and oxygen atoms in total. The number of benzene rings is 3. The van der Waals surface area contributed by atoms with Gasteiger partial charge in [0.2, 0.25) is 5.91 Å². The first-order chi connectivity index (χ1) is 15.6. The van der Waals surface area contributed by atoms with Crippen LogP contribution in [0.15, 0.2) is 88.9 Å². The summed E-state index contributed by atoms with van der Waals surface area (Å²) in [6.07, 6.45) is 0. The maximum atomic E-state index is 12.5. The SMILES string of the molecule is Cc1ccc(SCc2nnc(SCC(=O)Nc3cccc(Cl)c3)n2-c2ccccc2)cc1. The molecule has 0 saturated carbocycles. The van der Waals surface area contributed by atoms with Gasteiger partial charge in [0, 0.05) is 21.3 Å². The van der Waals surface area contributed by atoms with Crippen LogP contribution in [0.4, 0.5) is 5.69 Å². The van der Waals surface area contributed by atoms with Crippen LogP contribution in [0.3, 0.4) is 0 Å². The summed E-state index contributed by atoms with van der Waals surface area (Å²) in [5.41, 5.74) is 2.87. The highest BCUT2D eigenvalue weighted by atomic mass is 35.5. The highest BCUT2D eigenvalue weighted by molar-refractivity contribution is 7.99. The molecule has 1 N–H and O–H groups in total. The van der Waals surface area contributed by atoms with Gasteiger partial charge in [-0.1, -0.05) is 65.3 Å². The van der Waals surface area contributed by atoms with Gasteiger partial charge >= 0.3 is 0 Å². The van der Waals surface area contributed by atoms with Crippen LogP contribution in [0.5, 0.6) is 0 Å². The number of amides is 1. The molecule has 1 aromatic heterocycles. The third-order valence-corrected chi connectivity index (χ3v) is 6.72. The summed E-state index contributed by atoms with van der Waals surface area (Å²) in [6, 6.07) is 25.5. The van der Waals surface area contributed by atoms with Crippen LogP contribution in [0.1, 0.15) is 11.4 Å². The van der Waals surface area contributed by atoms with Crippen molar-refractivity contribution in [3.63, 3.8) is 0 Å². The fraction of sp³-hybridized carbons (Fsp3) is 0.125. The van der Waals surface area contributed by atoms with Gasteiger partial charge in [0.25, 0.3) is 0 Å². The molecule has 1 amide bonds. The first-order valence-corrected chi connectivity index (χ1v) is 12.3. The van der Waals surface area contributed by atoms with Gasteiger partial charge in [0.05, 0.1) is 11.5 Å². The lowest BCUT2D eigenvalue weighted by Crippen LogP contribution is -2.14. The first-order valence-electron chi connectivity index (χ1n) is 9.96. The zero-order valence-corrected chi connectivity index (χ0v) is 19.8. The summed E-state index contributed by atoms with van der Waals surface area (Å²) < 4.78 is 2.01. The molecule has 162 valence electrons. The molecule has 0 fully saturated rings. The number of nitrogens with zero attached hydrogens (tertiary/aromatic N) is 3. The lowest BCUT2D eigenvalue weighted by atomic mass is 10.2. The maximum Gasteiger partial charge on any atom is 0.234 e. The van der Waals surface area contributed by atoms with Gasteiger partial charge in [-0.2, -0.15) is 0 Å². The van der Waals surface area contributed by atoms with E-state index in [0.29, 0.717) is 21.6 Å². The van der Waals surface area contributed by atoms with Crippen molar-refractivity contribution in [1.82, 2.24) is 14.8 Å². The molecule has 4 rings (SSSR count). The van der Waals surface area contributed by atoms with E-state index in [0.717, 1.165) is 11.5 Å². The van der Waals surface area contributed by atoms with E-state index in [9.17, 15) is 4.79 Å². The Labute approximate surface area is 200 Å². The number of hydrogen-bond acceptors (Lipinski definition) is 5. The number of rotatable bonds is 8. The van der Waals surface area contributed by atoms with Gasteiger partial charge in [-0.05, 0) is 49.4 Å². The Morgan fingerprint density at radius 3 is 2.50 bits per heavy atom. The predicted octanol–water partition coefficient (Wildman–Crippen LogP) is 6.25. The molecule has 0 unspecified atom stereocenters. The zero-order valence-electron chi connectivity index (χ0n) is 17.4. The molecule has 0 aliphatic heterocycles. The topological polar surface area (TPSA) is 59.8 Å². The predicted molar refractivity (Wildman–Crippen MR) is 133 cm³/mol. The van der Waals surface area contributed by atoms with Gasteiger partial charge in [0.1, 0.15) is 5.82 Å². The summed E-state index contributed by atoms with van der Waals surface area (Å²) in [5.74, 6) is 1.58. The molecule has 0 aliphatic rings. The minimum Gasteiger partial charge on any atom is -0.325 e. The Balaban J connectivity index is 1.48. The molecule has 32 heavy (non-hydrogen) atoms. The minimum atomic E-state index is -0.129. The van der Waals surface area contributed by atoms with Crippen molar-refractivity contribution < 1.29 is 4.79 Å². The van der Waals surface area contributed by atoms with Crippen LogP contribution in [0.2, 0.25) is 5.02 Å². The van der Waals surface area contributed by atoms with E-state index in [1.807, 2.05) is 34.9 Å². The maximum absolute atomic E-state index is 12.5. The number of hydrogen-bond donors (Lipinski definition) is 1. The lowest BCUT2D eigenvalue weighted by molar-refractivity contribution is -0.113. The van der Waals surface area contributed by atoms with E-state index < -0.39 is 0 Å². The van der Waals surface area contributed by atoms with Gasteiger partial charge in [-0.25, -0.2) is 0 Å². The van der Waals surface area contributed by atoms with E-state index >= 15 is 0 Å². The summed E-state index contributed by atoms with van der Waals surface area (Å²) in [6.45, 7) is 2.08. The van der Waals surface area contributed by atoms with Crippen molar-refractivity contribution >= 4 is 46.7 Å². The van der Waals surface area contributed by atoms with Crippen LogP contribution < -0.4 is 5.32 Å². The second-order valence-corrected chi connectivity index (χ2v) is 9.45. The van der Waals surface area contributed by atoms with Crippen LogP contribution >= 0.6 is 35.1 Å². The van der Waals surface area contributed by atoms with E-state index in [4.69, 9.17) is 11.6 Å². The number of para-hydroxylation sites is 1. The number of aryl methyl sites for hydroxylation is 1. The summed E-state index contributed by atoms with van der Waals surface area (Å²) in [4.78, 5) is 13.6. The second-order valence-electron chi connectivity index (χ2n) is 7.02. The number of anilines is 1. The molecule has 4 aromatic rings. The molecule has 8 heteroatoms. The molecular weight excluding hydrogens is 460 g/mol. The van der Waals surface area contributed by atoms with Crippen molar-refractivity contribution in [3.8, 4) is 5.69 Å². The average molecular weight is 481 g/mol. The van der Waals surface area contributed by atoms with Crippen molar-refractivity contribution in [2.45, 2.75) is 22.7 Å². The number of halogens is 1. The highest BCUT2D eigenvalue weighted by Gasteiger charge is 2.16. The van der Waals surface area contributed by atoms with E-state index in [1.165, 1.54) is 22.2 Å². The normalized spacial score (nSPS) is 10.8. The molecular formula is C24H21ClN4OS2. The molecule has 0 radical (unpaired) electrons. The highest BCUT2D eigenvalue weighted by Crippen LogP contribution is 2.27. The molecule has 0 spiro atoms. The third-order valence-electron chi connectivity index (χ3n) is 4.54. The molecule has 1 heterocycles. The van der Waals surface area contributed by atoms with Crippen molar-refractivity contribution in [3.05, 3.63) is 95.3 Å². The number of nitrogens with one attached hydrogen (secondary N) is 1. The Morgan fingerprint density at radius 1 is 0.969 bits per heavy atom. The van der Waals surface area contributed by atoms with Crippen LogP contribution in [-0.2, 0) is 10.5 Å². The number of thioether (sulfide) groups is 2. The smallest absolute Gasteiger partial charge is 0.234 e. The van der Waals surface area contributed by atoms with Crippen LogP contribution in [0, 0.1) is 6.92 Å². The number of aromatic nitrogens is 3. The second kappa shape index (κ2) is 10.7. The fourth-order valence-electron chi connectivity index (χ4n) is 3.00. The zero-order chi connectivity index (χ0) is 22.3. The summed E-state index contributed by atoms with van der Waals surface area (Å²) >= 11 is 9.05. The minimum absolute atomic E-state index is 0.129. The van der Waals surface area contributed by atoms with E-state index in [-0.39, 0.29) is 11.7 Å². The summed E-state index contributed by atoms with van der Waals surface area (Å²) in [7, 11) is 0. The fourth-order valence-corrected chi connectivity index (χ4v) is 4.77. The lowest BCUT2D eigenvalue weighted by Gasteiger charge is -2.10. The number of carbonyl (C=O) groups is 1. The van der Waals surface area contributed by atoms with Gasteiger partial charge in [0.15, 0.2) is 5.16 Å². The largest absolute Gasteiger partial charge is 0.325 e. The monoisotopic (exact) mass is 480 g/mol. The quantitative estimate of drug-likeness (QED) is 0.302. The van der Waals surface area contributed by atoms with Crippen molar-refractivity contribution in [1.29, 1.82) is 0 Å². The standard InChI is InChI=1S/C24H21ClN4OS2/c1-17-10-12-21(13-11-17)31-15-22-27-28-24(29(22)20-8-3-2-4-9-20)32-16-23(30)26-19-7-5-6-18(25)14-19/h2-14H,15-16H2,1H3,(H,26,30). The Morgan fingerprint density at radius 2 is 1.75 bits per heavy atom. The Hall–Kier alpha value is -2.74. The van der Waals surface area contributed by atoms with E-state index in [1.54, 1.807) is 36.0 Å². The van der Waals surface area contributed by atoms with Crippen LogP contribution in [-0.4, -0.2) is 26.4 Å². The van der Waals surface area contributed by atoms with Crippen molar-refractivity contribution in [2.75, 3.05) is 11.1 Å². The van der Waals surface area contributed by atoms with Gasteiger partial charge < -0.3 is 5.32 Å². The molecule has 3 aromatic carbocycles. The summed E-state index contributed by atoms with van der Waals surface area (Å²) in [5, 5.41) is 12.9. The molecule has 0 bridgehead atoms. The third kappa shape index (κ3) is 5.94. The molecule has 0 saturated heterocycles. The Kier molecular flexibility index (Phi) is 7.52. The van der Waals surface area contributed by atoms with Crippen LogP contribution in [0.25, 0.3) is 5.69 Å². The van der Waals surface area contributed by atoms with Gasteiger partial charge in [-0.15, -0.1) is 22.0 Å².